The normalized spacial score (nSPS) is 30.3. The average Bonchev–Trinajstić information content (AvgIpc) is 2.77. The maximum Gasteiger partial charge on any atom is 0.0584 e. The van der Waals surface area contributed by atoms with Gasteiger partial charge in [-0.2, -0.15) is 0 Å². The fraction of sp³-hybridized carbons (Fsp3) is 0.733. The molecule has 2 rings (SSSR count). The van der Waals surface area contributed by atoms with Gasteiger partial charge < -0.3 is 0 Å². The topological polar surface area (TPSA) is 38.0 Å². The molecule has 3 N–H and O–H groups in total. The Morgan fingerprint density at radius 2 is 2.00 bits per heavy atom. The van der Waals surface area contributed by atoms with Gasteiger partial charge in [-0.3, -0.25) is 11.3 Å². The van der Waals surface area contributed by atoms with Gasteiger partial charge in [0.2, 0.25) is 0 Å². The highest BCUT2D eigenvalue weighted by Crippen LogP contribution is 2.41. The molecule has 18 heavy (non-hydrogen) atoms. The third kappa shape index (κ3) is 2.95. The van der Waals surface area contributed by atoms with Crippen LogP contribution >= 0.6 is 11.3 Å². The molecular formula is C15H26N2S. The monoisotopic (exact) mass is 266 g/mol. The molecule has 0 aliphatic heterocycles. The third-order valence-corrected chi connectivity index (χ3v) is 5.35. The maximum atomic E-state index is 5.87. The standard InChI is InChI=1S/C15H26N2S/c1-4-12-5-6-18-15(12)14(17-16)13-8-10(2)7-11(3)9-13/h5-6,10-11,13-14,17H,4,7-9,16H2,1-3H3. The van der Waals surface area contributed by atoms with E-state index in [1.807, 2.05) is 11.3 Å². The Morgan fingerprint density at radius 1 is 1.33 bits per heavy atom. The molecule has 3 unspecified atom stereocenters. The van der Waals surface area contributed by atoms with E-state index in [0.717, 1.165) is 18.3 Å². The average molecular weight is 266 g/mol. The lowest BCUT2D eigenvalue weighted by atomic mass is 9.73. The largest absolute Gasteiger partial charge is 0.271 e. The molecule has 1 heterocycles. The quantitative estimate of drug-likeness (QED) is 0.641. The van der Waals surface area contributed by atoms with Crippen LogP contribution in [0.15, 0.2) is 11.4 Å². The van der Waals surface area contributed by atoms with Crippen molar-refractivity contribution < 1.29 is 0 Å². The summed E-state index contributed by atoms with van der Waals surface area (Å²) in [5, 5.41) is 2.20. The van der Waals surface area contributed by atoms with Crippen molar-refractivity contribution in [2.75, 3.05) is 0 Å². The molecule has 1 aliphatic carbocycles. The molecule has 0 saturated heterocycles. The Hall–Kier alpha value is -0.380. The van der Waals surface area contributed by atoms with Crippen LogP contribution in [0.3, 0.4) is 0 Å². The first kappa shape index (κ1) is 14.0. The van der Waals surface area contributed by atoms with Crippen LogP contribution in [0, 0.1) is 17.8 Å². The van der Waals surface area contributed by atoms with Gasteiger partial charge in [-0.15, -0.1) is 11.3 Å². The molecule has 0 spiro atoms. The number of rotatable bonds is 4. The van der Waals surface area contributed by atoms with E-state index in [0.29, 0.717) is 12.0 Å². The zero-order valence-corrected chi connectivity index (χ0v) is 12.6. The van der Waals surface area contributed by atoms with Gasteiger partial charge in [0.15, 0.2) is 0 Å². The minimum atomic E-state index is 0.352. The van der Waals surface area contributed by atoms with Crippen LogP contribution < -0.4 is 11.3 Å². The summed E-state index contributed by atoms with van der Waals surface area (Å²) in [7, 11) is 0. The smallest absolute Gasteiger partial charge is 0.0584 e. The van der Waals surface area contributed by atoms with Crippen molar-refractivity contribution in [1.82, 2.24) is 5.43 Å². The van der Waals surface area contributed by atoms with Crippen LogP contribution in [0.25, 0.3) is 0 Å². The van der Waals surface area contributed by atoms with E-state index in [9.17, 15) is 0 Å². The van der Waals surface area contributed by atoms with Crippen LogP contribution in [0.4, 0.5) is 0 Å². The maximum absolute atomic E-state index is 5.87. The highest BCUT2D eigenvalue weighted by Gasteiger charge is 2.31. The fourth-order valence-electron chi connectivity index (χ4n) is 3.62. The Morgan fingerprint density at radius 3 is 2.56 bits per heavy atom. The molecule has 2 nitrogen and oxygen atoms in total. The molecule has 0 aromatic carbocycles. The number of aryl methyl sites for hydroxylation is 1. The molecule has 1 aromatic heterocycles. The van der Waals surface area contributed by atoms with Crippen molar-refractivity contribution in [2.24, 2.45) is 23.6 Å². The molecule has 3 atom stereocenters. The predicted molar refractivity (Wildman–Crippen MR) is 79.4 cm³/mol. The van der Waals surface area contributed by atoms with Gasteiger partial charge in [-0.1, -0.05) is 20.8 Å². The van der Waals surface area contributed by atoms with Gasteiger partial charge in [-0.05, 0) is 60.4 Å². The van der Waals surface area contributed by atoms with E-state index in [1.165, 1.54) is 29.7 Å². The first-order valence-corrected chi connectivity index (χ1v) is 8.06. The second-order valence-electron chi connectivity index (χ2n) is 5.99. The van der Waals surface area contributed by atoms with Crippen LogP contribution in [0.2, 0.25) is 0 Å². The second kappa shape index (κ2) is 6.18. The summed E-state index contributed by atoms with van der Waals surface area (Å²) in [6, 6.07) is 2.60. The molecule has 0 bridgehead atoms. The Bertz CT molecular complexity index is 364. The van der Waals surface area contributed by atoms with Gasteiger partial charge in [-0.25, -0.2) is 0 Å². The Kier molecular flexibility index (Phi) is 4.82. The lowest BCUT2D eigenvalue weighted by Gasteiger charge is -2.36. The highest BCUT2D eigenvalue weighted by molar-refractivity contribution is 7.10. The summed E-state index contributed by atoms with van der Waals surface area (Å²) >= 11 is 1.86. The second-order valence-corrected chi connectivity index (χ2v) is 6.93. The molecule has 102 valence electrons. The fourth-order valence-corrected chi connectivity index (χ4v) is 4.77. The summed E-state index contributed by atoms with van der Waals surface area (Å²) in [5.74, 6) is 8.22. The molecule has 1 aromatic rings. The van der Waals surface area contributed by atoms with E-state index in [1.54, 1.807) is 0 Å². The predicted octanol–water partition coefficient (Wildman–Crippen LogP) is 3.89. The molecular weight excluding hydrogens is 240 g/mol. The van der Waals surface area contributed by atoms with Crippen molar-refractivity contribution in [3.63, 3.8) is 0 Å². The molecule has 0 amide bonds. The molecule has 1 fully saturated rings. The molecule has 1 saturated carbocycles. The third-order valence-electron chi connectivity index (χ3n) is 4.31. The van der Waals surface area contributed by atoms with Crippen molar-refractivity contribution in [2.45, 2.75) is 52.5 Å². The van der Waals surface area contributed by atoms with Crippen LogP contribution in [-0.4, -0.2) is 0 Å². The lowest BCUT2D eigenvalue weighted by Crippen LogP contribution is -2.37. The van der Waals surface area contributed by atoms with Crippen molar-refractivity contribution in [1.29, 1.82) is 0 Å². The van der Waals surface area contributed by atoms with Gasteiger partial charge in [0.05, 0.1) is 6.04 Å². The Labute approximate surface area is 115 Å². The van der Waals surface area contributed by atoms with E-state index in [-0.39, 0.29) is 0 Å². The number of thiophene rings is 1. The van der Waals surface area contributed by atoms with Crippen molar-refractivity contribution >= 4 is 11.3 Å². The number of hydrazine groups is 1. The van der Waals surface area contributed by atoms with E-state index in [4.69, 9.17) is 5.84 Å². The first-order valence-electron chi connectivity index (χ1n) is 7.18. The molecule has 1 aliphatic rings. The van der Waals surface area contributed by atoms with E-state index >= 15 is 0 Å². The summed E-state index contributed by atoms with van der Waals surface area (Å²) < 4.78 is 0. The number of nitrogens with one attached hydrogen (secondary N) is 1. The van der Waals surface area contributed by atoms with Crippen molar-refractivity contribution in [3.8, 4) is 0 Å². The SMILES string of the molecule is CCc1ccsc1C(NN)C1CC(C)CC(C)C1. The van der Waals surface area contributed by atoms with Gasteiger partial charge >= 0.3 is 0 Å². The zero-order valence-electron chi connectivity index (χ0n) is 11.8. The highest BCUT2D eigenvalue weighted by atomic mass is 32.1. The summed E-state index contributed by atoms with van der Waals surface area (Å²) in [5.41, 5.74) is 4.57. The zero-order chi connectivity index (χ0) is 13.1. The lowest BCUT2D eigenvalue weighted by molar-refractivity contribution is 0.178. The van der Waals surface area contributed by atoms with E-state index < -0.39 is 0 Å². The Balaban J connectivity index is 2.17. The molecule has 0 radical (unpaired) electrons. The first-order chi connectivity index (χ1) is 8.65. The van der Waals surface area contributed by atoms with Gasteiger partial charge in [0, 0.05) is 4.88 Å². The molecule has 3 heteroatoms. The summed E-state index contributed by atoms with van der Waals surface area (Å²) in [6.45, 7) is 6.99. The van der Waals surface area contributed by atoms with Crippen LogP contribution in [-0.2, 0) is 6.42 Å². The van der Waals surface area contributed by atoms with Crippen LogP contribution in [0.1, 0.15) is 56.5 Å². The van der Waals surface area contributed by atoms with Crippen LogP contribution in [0.5, 0.6) is 0 Å². The van der Waals surface area contributed by atoms with Gasteiger partial charge in [0.1, 0.15) is 0 Å². The number of hydrogen-bond donors (Lipinski definition) is 2. The number of hydrogen-bond acceptors (Lipinski definition) is 3. The van der Waals surface area contributed by atoms with E-state index in [2.05, 4.69) is 37.6 Å². The minimum Gasteiger partial charge on any atom is -0.271 e. The minimum absolute atomic E-state index is 0.352. The summed E-state index contributed by atoms with van der Waals surface area (Å²) in [4.78, 5) is 1.46. The number of nitrogens with two attached hydrogens (primary N) is 1. The van der Waals surface area contributed by atoms with Crippen molar-refractivity contribution in [3.05, 3.63) is 21.9 Å². The van der Waals surface area contributed by atoms with Gasteiger partial charge in [0.25, 0.3) is 0 Å². The summed E-state index contributed by atoms with van der Waals surface area (Å²) in [6.07, 6.45) is 5.09.